The lowest BCUT2D eigenvalue weighted by atomic mass is 10.0. The summed E-state index contributed by atoms with van der Waals surface area (Å²) >= 11 is 5.81. The second-order valence-electron chi connectivity index (χ2n) is 6.14. The Balaban J connectivity index is 2.06. The molecular weight excluding hydrogens is 362 g/mol. The van der Waals surface area contributed by atoms with Crippen molar-refractivity contribution in [1.29, 1.82) is 0 Å². The van der Waals surface area contributed by atoms with Crippen molar-refractivity contribution in [3.05, 3.63) is 70.2 Å². The zero-order valence-electron chi connectivity index (χ0n) is 14.4. The van der Waals surface area contributed by atoms with Gasteiger partial charge in [-0.05, 0) is 35.7 Å². The molecule has 0 bridgehead atoms. The molecule has 26 heavy (non-hydrogen) atoms. The number of hydrogen-bond acceptors (Lipinski definition) is 2. The van der Waals surface area contributed by atoms with E-state index >= 15 is 0 Å². The molecule has 0 aliphatic carbocycles. The Hall–Kier alpha value is -2.47. The van der Waals surface area contributed by atoms with Gasteiger partial charge in [0, 0.05) is 11.6 Å². The molecular formula is C19H19ClF2N2O2. The van der Waals surface area contributed by atoms with Crippen LogP contribution in [-0.2, 0) is 11.3 Å². The molecule has 0 aromatic heterocycles. The van der Waals surface area contributed by atoms with Gasteiger partial charge >= 0.3 is 0 Å². The number of carbonyl (C=O) groups excluding carboxylic acids is 2. The lowest BCUT2D eigenvalue weighted by molar-refractivity contribution is -0.124. The summed E-state index contributed by atoms with van der Waals surface area (Å²) in [6.45, 7) is 3.69. The number of hydrogen-bond donors (Lipinski definition) is 2. The van der Waals surface area contributed by atoms with E-state index in [-0.39, 0.29) is 12.5 Å². The molecule has 7 heteroatoms. The highest BCUT2D eigenvalue weighted by molar-refractivity contribution is 6.30. The summed E-state index contributed by atoms with van der Waals surface area (Å²) in [5.74, 6) is -3.65. The molecule has 2 rings (SSSR count). The van der Waals surface area contributed by atoms with Gasteiger partial charge in [0.05, 0.1) is 0 Å². The highest BCUT2D eigenvalue weighted by Crippen LogP contribution is 2.14. The van der Waals surface area contributed by atoms with E-state index in [0.717, 1.165) is 17.7 Å². The fraction of sp³-hybridized carbons (Fsp3) is 0.263. The van der Waals surface area contributed by atoms with Crippen molar-refractivity contribution >= 4 is 23.4 Å². The fourth-order valence-electron chi connectivity index (χ4n) is 2.36. The molecule has 0 heterocycles. The average molecular weight is 381 g/mol. The molecule has 0 saturated heterocycles. The molecule has 0 fully saturated rings. The minimum Gasteiger partial charge on any atom is -0.350 e. The van der Waals surface area contributed by atoms with E-state index < -0.39 is 35.1 Å². The van der Waals surface area contributed by atoms with E-state index in [1.165, 1.54) is 6.07 Å². The lowest BCUT2D eigenvalue weighted by Crippen LogP contribution is -2.49. The largest absolute Gasteiger partial charge is 0.350 e. The van der Waals surface area contributed by atoms with E-state index in [4.69, 9.17) is 11.6 Å². The quantitative estimate of drug-likeness (QED) is 0.803. The first-order chi connectivity index (χ1) is 12.3. The molecule has 2 amide bonds. The summed E-state index contributed by atoms with van der Waals surface area (Å²) in [5.41, 5.74) is 0.125. The number of carbonyl (C=O) groups is 2. The summed E-state index contributed by atoms with van der Waals surface area (Å²) < 4.78 is 27.5. The third kappa shape index (κ3) is 5.02. The van der Waals surface area contributed by atoms with Crippen LogP contribution in [-0.4, -0.2) is 17.9 Å². The van der Waals surface area contributed by atoms with Gasteiger partial charge in [0.1, 0.15) is 23.2 Å². The van der Waals surface area contributed by atoms with Crippen LogP contribution in [0.1, 0.15) is 29.8 Å². The summed E-state index contributed by atoms with van der Waals surface area (Å²) in [5, 5.41) is 5.69. The van der Waals surface area contributed by atoms with Gasteiger partial charge in [-0.2, -0.15) is 0 Å². The number of amides is 2. The Kier molecular flexibility index (Phi) is 6.69. The molecule has 0 saturated carbocycles. The molecule has 0 unspecified atom stereocenters. The normalized spacial score (nSPS) is 11.9. The summed E-state index contributed by atoms with van der Waals surface area (Å²) in [6.07, 6.45) is 0. The van der Waals surface area contributed by atoms with E-state index in [0.29, 0.717) is 5.02 Å². The van der Waals surface area contributed by atoms with Crippen molar-refractivity contribution < 1.29 is 18.4 Å². The van der Waals surface area contributed by atoms with Crippen LogP contribution in [0.3, 0.4) is 0 Å². The SMILES string of the molecule is CC(C)[C@H](NC(=O)c1c(F)cccc1F)C(=O)NCc1ccc(Cl)cc1. The summed E-state index contributed by atoms with van der Waals surface area (Å²) in [7, 11) is 0. The maximum Gasteiger partial charge on any atom is 0.257 e. The number of nitrogens with one attached hydrogen (secondary N) is 2. The third-order valence-corrected chi connectivity index (χ3v) is 4.06. The molecule has 138 valence electrons. The monoisotopic (exact) mass is 380 g/mol. The van der Waals surface area contributed by atoms with Crippen molar-refractivity contribution in [3.8, 4) is 0 Å². The van der Waals surface area contributed by atoms with E-state index in [2.05, 4.69) is 10.6 Å². The molecule has 2 aromatic rings. The van der Waals surface area contributed by atoms with Gasteiger partial charge in [-0.1, -0.05) is 43.6 Å². The van der Waals surface area contributed by atoms with Gasteiger partial charge in [-0.25, -0.2) is 8.78 Å². The van der Waals surface area contributed by atoms with E-state index in [9.17, 15) is 18.4 Å². The smallest absolute Gasteiger partial charge is 0.257 e. The second kappa shape index (κ2) is 8.76. The predicted octanol–water partition coefficient (Wildman–Crippen LogP) is 3.69. The molecule has 0 spiro atoms. The maximum absolute atomic E-state index is 13.7. The zero-order valence-corrected chi connectivity index (χ0v) is 15.1. The van der Waals surface area contributed by atoms with Crippen LogP contribution >= 0.6 is 11.6 Å². The van der Waals surface area contributed by atoms with Crippen molar-refractivity contribution in [2.24, 2.45) is 5.92 Å². The van der Waals surface area contributed by atoms with E-state index in [1.54, 1.807) is 38.1 Å². The highest BCUT2D eigenvalue weighted by atomic mass is 35.5. The van der Waals surface area contributed by atoms with Crippen molar-refractivity contribution in [1.82, 2.24) is 10.6 Å². The standard InChI is InChI=1S/C19H19ClF2N2O2/c1-11(2)17(19(26)23-10-12-6-8-13(20)9-7-12)24-18(25)16-14(21)4-3-5-15(16)22/h3-9,11,17H,10H2,1-2H3,(H,23,26)(H,24,25)/t17-/m0/s1. The Morgan fingerprint density at radius 2 is 1.62 bits per heavy atom. The number of halogens is 3. The first-order valence-corrected chi connectivity index (χ1v) is 8.44. The topological polar surface area (TPSA) is 58.2 Å². The summed E-state index contributed by atoms with van der Waals surface area (Å²) in [6, 6.07) is 9.14. The first kappa shape index (κ1) is 19.8. The fourth-order valence-corrected chi connectivity index (χ4v) is 2.49. The summed E-state index contributed by atoms with van der Waals surface area (Å²) in [4.78, 5) is 24.7. The third-order valence-electron chi connectivity index (χ3n) is 3.81. The van der Waals surface area contributed by atoms with Crippen molar-refractivity contribution in [2.45, 2.75) is 26.4 Å². The van der Waals surface area contributed by atoms with Crippen LogP contribution in [0.15, 0.2) is 42.5 Å². The van der Waals surface area contributed by atoms with Crippen molar-refractivity contribution in [3.63, 3.8) is 0 Å². The Bertz CT molecular complexity index is 774. The number of benzene rings is 2. The van der Waals surface area contributed by atoms with Gasteiger partial charge in [0.15, 0.2) is 0 Å². The molecule has 1 atom stereocenters. The Morgan fingerprint density at radius 1 is 1.04 bits per heavy atom. The highest BCUT2D eigenvalue weighted by Gasteiger charge is 2.27. The van der Waals surface area contributed by atoms with Gasteiger partial charge in [-0.3, -0.25) is 9.59 Å². The Labute approximate surface area is 155 Å². The molecule has 0 radical (unpaired) electrons. The predicted molar refractivity (Wildman–Crippen MR) is 95.7 cm³/mol. The van der Waals surface area contributed by atoms with Gasteiger partial charge in [0.25, 0.3) is 5.91 Å². The molecule has 2 N–H and O–H groups in total. The van der Waals surface area contributed by atoms with Crippen LogP contribution in [0.2, 0.25) is 5.02 Å². The zero-order chi connectivity index (χ0) is 19.3. The van der Waals surface area contributed by atoms with Crippen LogP contribution in [0.5, 0.6) is 0 Å². The van der Waals surface area contributed by atoms with Gasteiger partial charge < -0.3 is 10.6 Å². The second-order valence-corrected chi connectivity index (χ2v) is 6.57. The van der Waals surface area contributed by atoms with Crippen LogP contribution in [0.4, 0.5) is 8.78 Å². The maximum atomic E-state index is 13.7. The molecule has 0 aliphatic rings. The number of rotatable bonds is 6. The minimum atomic E-state index is -0.980. The average Bonchev–Trinajstić information content (AvgIpc) is 2.58. The molecule has 4 nitrogen and oxygen atoms in total. The van der Waals surface area contributed by atoms with Crippen molar-refractivity contribution in [2.75, 3.05) is 0 Å². The Morgan fingerprint density at radius 3 is 2.15 bits per heavy atom. The van der Waals surface area contributed by atoms with Crippen LogP contribution in [0.25, 0.3) is 0 Å². The lowest BCUT2D eigenvalue weighted by Gasteiger charge is -2.22. The van der Waals surface area contributed by atoms with Gasteiger partial charge in [0.2, 0.25) is 5.91 Å². The minimum absolute atomic E-state index is 0.239. The van der Waals surface area contributed by atoms with Gasteiger partial charge in [-0.15, -0.1) is 0 Å². The molecule has 2 aromatic carbocycles. The first-order valence-electron chi connectivity index (χ1n) is 8.06. The molecule has 0 aliphatic heterocycles. The van der Waals surface area contributed by atoms with E-state index in [1.807, 2.05) is 0 Å². The van der Waals surface area contributed by atoms with Crippen LogP contribution < -0.4 is 10.6 Å². The van der Waals surface area contributed by atoms with Crippen LogP contribution in [0, 0.1) is 17.6 Å².